The van der Waals surface area contributed by atoms with E-state index < -0.39 is 0 Å². The highest BCUT2D eigenvalue weighted by Crippen LogP contribution is 2.38. The van der Waals surface area contributed by atoms with E-state index in [-0.39, 0.29) is 6.04 Å². The first-order chi connectivity index (χ1) is 14.7. The van der Waals surface area contributed by atoms with Gasteiger partial charge in [-0.15, -0.1) is 5.10 Å². The fourth-order valence-electron chi connectivity index (χ4n) is 4.49. The number of aryl methyl sites for hydroxylation is 2. The molecule has 0 bridgehead atoms. The summed E-state index contributed by atoms with van der Waals surface area (Å²) in [6.45, 7) is 4.85. The quantitative estimate of drug-likeness (QED) is 0.686. The molecule has 0 saturated heterocycles. The third-order valence-electron chi connectivity index (χ3n) is 6.08. The normalized spacial score (nSPS) is 18.1. The highest BCUT2D eigenvalue weighted by molar-refractivity contribution is 5.74. The minimum atomic E-state index is 0.191. The van der Waals surface area contributed by atoms with Crippen LogP contribution in [-0.4, -0.2) is 35.2 Å². The molecule has 6 nitrogen and oxygen atoms in total. The van der Waals surface area contributed by atoms with Crippen molar-refractivity contribution in [3.63, 3.8) is 0 Å². The van der Waals surface area contributed by atoms with Crippen LogP contribution in [0.5, 0.6) is 5.75 Å². The summed E-state index contributed by atoms with van der Waals surface area (Å²) in [6, 6.07) is 15.2. The van der Waals surface area contributed by atoms with Crippen molar-refractivity contribution in [2.45, 2.75) is 32.4 Å². The van der Waals surface area contributed by atoms with Gasteiger partial charge in [0.1, 0.15) is 5.75 Å². The van der Waals surface area contributed by atoms with Crippen molar-refractivity contribution in [3.8, 4) is 17.0 Å². The predicted octanol–water partition coefficient (Wildman–Crippen LogP) is 4.20. The molecule has 1 atom stereocenters. The molecule has 3 heterocycles. The zero-order valence-corrected chi connectivity index (χ0v) is 17.5. The average Bonchev–Trinajstić information content (AvgIpc) is 3.09. The zero-order valence-electron chi connectivity index (χ0n) is 17.5. The van der Waals surface area contributed by atoms with Crippen LogP contribution in [-0.2, 0) is 6.54 Å². The maximum Gasteiger partial charge on any atom is 0.119 e. The molecule has 1 unspecified atom stereocenters. The molecule has 154 valence electrons. The third-order valence-corrected chi connectivity index (χ3v) is 6.08. The Morgan fingerprint density at radius 3 is 2.80 bits per heavy atom. The van der Waals surface area contributed by atoms with Crippen molar-refractivity contribution in [1.29, 1.82) is 0 Å². The number of methoxy groups -OCH3 is 1. The van der Waals surface area contributed by atoms with E-state index in [0.717, 1.165) is 55.3 Å². The smallest absolute Gasteiger partial charge is 0.119 e. The number of hydrogen-bond acceptors (Lipinski definition) is 5. The van der Waals surface area contributed by atoms with E-state index in [1.807, 2.05) is 23.7 Å². The average molecular weight is 402 g/mol. The molecule has 3 aromatic rings. The Balaban J connectivity index is 1.57. The van der Waals surface area contributed by atoms with Crippen LogP contribution in [0.4, 0.5) is 5.69 Å². The van der Waals surface area contributed by atoms with Crippen LogP contribution in [0.25, 0.3) is 16.8 Å². The summed E-state index contributed by atoms with van der Waals surface area (Å²) in [6.07, 6.45) is 4.32. The third kappa shape index (κ3) is 3.48. The van der Waals surface area contributed by atoms with Gasteiger partial charge in [-0.1, -0.05) is 23.4 Å². The monoisotopic (exact) mass is 401 g/mol. The Morgan fingerprint density at radius 2 is 2.03 bits per heavy atom. The van der Waals surface area contributed by atoms with E-state index in [1.165, 1.54) is 22.3 Å². The van der Waals surface area contributed by atoms with Crippen LogP contribution in [0, 0.1) is 6.92 Å². The van der Waals surface area contributed by atoms with Gasteiger partial charge in [0.15, 0.2) is 0 Å². The number of ether oxygens (including phenoxy) is 1. The molecule has 2 N–H and O–H groups in total. The van der Waals surface area contributed by atoms with Crippen molar-refractivity contribution >= 4 is 11.3 Å². The van der Waals surface area contributed by atoms with Gasteiger partial charge >= 0.3 is 0 Å². The highest BCUT2D eigenvalue weighted by Gasteiger charge is 2.26. The zero-order chi connectivity index (χ0) is 20.5. The van der Waals surface area contributed by atoms with Gasteiger partial charge in [0.05, 0.1) is 24.5 Å². The summed E-state index contributed by atoms with van der Waals surface area (Å²) in [7, 11) is 1.69. The van der Waals surface area contributed by atoms with Crippen LogP contribution in [0.1, 0.15) is 35.7 Å². The van der Waals surface area contributed by atoms with Crippen molar-refractivity contribution in [1.82, 2.24) is 20.3 Å². The maximum atomic E-state index is 5.31. The highest BCUT2D eigenvalue weighted by atomic mass is 16.5. The number of benzene rings is 2. The Bertz CT molecular complexity index is 1080. The fraction of sp³-hybridized carbons (Fsp3) is 0.333. The van der Waals surface area contributed by atoms with Gasteiger partial charge in [-0.3, -0.25) is 0 Å². The molecule has 2 aliphatic heterocycles. The SMILES string of the molecule is COc1ccc(NC2CCn3nnc(C)c3-c3ccc(C4=CCNCC4)cc32)cc1. The molecule has 0 aliphatic carbocycles. The Morgan fingerprint density at radius 1 is 1.17 bits per heavy atom. The largest absolute Gasteiger partial charge is 0.497 e. The Hall–Kier alpha value is -3.12. The second kappa shape index (κ2) is 7.95. The van der Waals surface area contributed by atoms with Gasteiger partial charge in [0.25, 0.3) is 0 Å². The standard InChI is InChI=1S/C24H27N5O/c1-16-24-21-8-3-18(17-9-12-25-13-10-17)15-22(21)23(11-14-29(24)28-27-16)26-19-4-6-20(30-2)7-5-19/h3-9,15,23,25-26H,10-14H2,1-2H3. The molecule has 5 rings (SSSR count). The minimum Gasteiger partial charge on any atom is -0.497 e. The molecule has 0 fully saturated rings. The van der Waals surface area contributed by atoms with E-state index in [4.69, 9.17) is 4.74 Å². The van der Waals surface area contributed by atoms with Crippen molar-refractivity contribution in [3.05, 3.63) is 65.4 Å². The van der Waals surface area contributed by atoms with E-state index in [0.29, 0.717) is 0 Å². The Kier molecular flexibility index (Phi) is 5.01. The van der Waals surface area contributed by atoms with Gasteiger partial charge < -0.3 is 15.4 Å². The van der Waals surface area contributed by atoms with Gasteiger partial charge in [0.2, 0.25) is 0 Å². The van der Waals surface area contributed by atoms with E-state index >= 15 is 0 Å². The van der Waals surface area contributed by atoms with Crippen LogP contribution in [0.3, 0.4) is 0 Å². The first kappa shape index (κ1) is 18.9. The van der Waals surface area contributed by atoms with Crippen LogP contribution in [0.15, 0.2) is 48.5 Å². The van der Waals surface area contributed by atoms with Gasteiger partial charge in [-0.05, 0) is 73.3 Å². The number of fused-ring (bicyclic) bond motifs is 3. The molecule has 2 aromatic carbocycles. The van der Waals surface area contributed by atoms with Crippen LogP contribution < -0.4 is 15.4 Å². The summed E-state index contributed by atoms with van der Waals surface area (Å²) < 4.78 is 7.35. The molecule has 2 aliphatic rings. The van der Waals surface area contributed by atoms with Crippen LogP contribution in [0.2, 0.25) is 0 Å². The summed E-state index contributed by atoms with van der Waals surface area (Å²) >= 11 is 0. The summed E-state index contributed by atoms with van der Waals surface area (Å²) in [5.41, 5.74) is 8.48. The first-order valence-corrected chi connectivity index (χ1v) is 10.6. The van der Waals surface area contributed by atoms with Gasteiger partial charge in [-0.2, -0.15) is 0 Å². The summed E-state index contributed by atoms with van der Waals surface area (Å²) in [5.74, 6) is 0.865. The molecule has 0 spiro atoms. The fourth-order valence-corrected chi connectivity index (χ4v) is 4.49. The molecule has 30 heavy (non-hydrogen) atoms. The number of nitrogens with zero attached hydrogens (tertiary/aromatic N) is 3. The second-order valence-corrected chi connectivity index (χ2v) is 7.95. The summed E-state index contributed by atoms with van der Waals surface area (Å²) in [4.78, 5) is 0. The van der Waals surface area contributed by atoms with E-state index in [1.54, 1.807) is 7.11 Å². The van der Waals surface area contributed by atoms with E-state index in [9.17, 15) is 0 Å². The number of aromatic nitrogens is 3. The lowest BCUT2D eigenvalue weighted by Crippen LogP contribution is -2.20. The lowest BCUT2D eigenvalue weighted by molar-refractivity contribution is 0.415. The Labute approximate surface area is 177 Å². The minimum absolute atomic E-state index is 0.191. The predicted molar refractivity (Wildman–Crippen MR) is 120 cm³/mol. The van der Waals surface area contributed by atoms with Crippen molar-refractivity contribution in [2.24, 2.45) is 0 Å². The number of hydrogen-bond donors (Lipinski definition) is 2. The molecular formula is C24H27N5O. The second-order valence-electron chi connectivity index (χ2n) is 7.95. The van der Waals surface area contributed by atoms with Gasteiger partial charge in [-0.25, -0.2) is 4.68 Å². The lowest BCUT2D eigenvalue weighted by atomic mass is 9.90. The summed E-state index contributed by atoms with van der Waals surface area (Å²) in [5, 5.41) is 15.9. The van der Waals surface area contributed by atoms with Crippen LogP contribution >= 0.6 is 0 Å². The first-order valence-electron chi connectivity index (χ1n) is 10.6. The number of anilines is 1. The van der Waals surface area contributed by atoms with Crippen molar-refractivity contribution in [2.75, 3.05) is 25.5 Å². The van der Waals surface area contributed by atoms with E-state index in [2.05, 4.69) is 57.4 Å². The number of rotatable bonds is 4. The molecule has 6 heteroatoms. The molecule has 0 radical (unpaired) electrons. The lowest BCUT2D eigenvalue weighted by Gasteiger charge is -2.23. The maximum absolute atomic E-state index is 5.31. The molecule has 1 aromatic heterocycles. The topological polar surface area (TPSA) is 64.0 Å². The molecule has 0 saturated carbocycles. The van der Waals surface area contributed by atoms with Crippen molar-refractivity contribution < 1.29 is 4.74 Å². The van der Waals surface area contributed by atoms with Gasteiger partial charge in [0, 0.05) is 24.3 Å². The molecule has 0 amide bonds. The number of nitrogens with one attached hydrogen (secondary N) is 2. The molecular weight excluding hydrogens is 374 g/mol.